The lowest BCUT2D eigenvalue weighted by Crippen LogP contribution is -2.43. The summed E-state index contributed by atoms with van der Waals surface area (Å²) in [5, 5.41) is 3.31. The van der Waals surface area contributed by atoms with E-state index in [0.29, 0.717) is 44.4 Å². The van der Waals surface area contributed by atoms with Gasteiger partial charge in [-0.1, -0.05) is 42.5 Å². The Morgan fingerprint density at radius 1 is 1.06 bits per heavy atom. The van der Waals surface area contributed by atoms with E-state index < -0.39 is 0 Å². The number of thiazole rings is 1. The number of hydrogen-bond acceptors (Lipinski definition) is 6. The van der Waals surface area contributed by atoms with E-state index in [4.69, 9.17) is 19.2 Å². The Kier molecular flexibility index (Phi) is 6.74. The van der Waals surface area contributed by atoms with Crippen LogP contribution >= 0.6 is 11.3 Å². The predicted molar refractivity (Wildman–Crippen MR) is 137 cm³/mol. The number of carbonyl (C=O) groups excluding carboxylic acids is 1. The van der Waals surface area contributed by atoms with Crippen molar-refractivity contribution in [3.63, 3.8) is 0 Å². The molecule has 34 heavy (non-hydrogen) atoms. The van der Waals surface area contributed by atoms with Crippen molar-refractivity contribution in [2.45, 2.75) is 6.92 Å². The van der Waals surface area contributed by atoms with Gasteiger partial charge in [0.2, 0.25) is 0 Å². The van der Waals surface area contributed by atoms with E-state index in [1.54, 1.807) is 16.2 Å². The minimum absolute atomic E-state index is 0.0189. The number of ether oxygens (including phenoxy) is 3. The highest BCUT2D eigenvalue weighted by molar-refractivity contribution is 7.19. The van der Waals surface area contributed by atoms with Gasteiger partial charge in [0.1, 0.15) is 5.01 Å². The molecule has 0 radical (unpaired) electrons. The molecule has 3 aromatic carbocycles. The molecule has 1 saturated heterocycles. The van der Waals surface area contributed by atoms with Crippen molar-refractivity contribution in [1.29, 1.82) is 0 Å². The van der Waals surface area contributed by atoms with Crippen LogP contribution in [0.25, 0.3) is 33.1 Å². The Bertz CT molecular complexity index is 1340. The van der Waals surface area contributed by atoms with E-state index in [9.17, 15) is 4.79 Å². The number of rotatable bonds is 7. The zero-order valence-electron chi connectivity index (χ0n) is 19.0. The van der Waals surface area contributed by atoms with Crippen LogP contribution in [0.1, 0.15) is 17.5 Å². The summed E-state index contributed by atoms with van der Waals surface area (Å²) < 4.78 is 18.1. The molecule has 7 heteroatoms. The Balaban J connectivity index is 1.32. The van der Waals surface area contributed by atoms with Crippen molar-refractivity contribution in [3.8, 4) is 11.5 Å². The lowest BCUT2D eigenvalue weighted by Gasteiger charge is -2.26. The first-order valence-electron chi connectivity index (χ1n) is 11.4. The van der Waals surface area contributed by atoms with Gasteiger partial charge >= 0.3 is 0 Å². The Morgan fingerprint density at radius 2 is 1.91 bits per heavy atom. The average Bonchev–Trinajstić information content (AvgIpc) is 3.31. The van der Waals surface area contributed by atoms with Crippen LogP contribution in [0, 0.1) is 0 Å². The molecule has 2 heterocycles. The molecule has 1 aliphatic rings. The van der Waals surface area contributed by atoms with Crippen LogP contribution in [0.2, 0.25) is 0 Å². The fourth-order valence-electron chi connectivity index (χ4n) is 3.98. The summed E-state index contributed by atoms with van der Waals surface area (Å²) in [7, 11) is 0. The van der Waals surface area contributed by atoms with Crippen molar-refractivity contribution in [2.24, 2.45) is 0 Å². The van der Waals surface area contributed by atoms with Gasteiger partial charge in [-0.25, -0.2) is 4.98 Å². The lowest BCUT2D eigenvalue weighted by molar-refractivity contribution is -0.137. The van der Waals surface area contributed by atoms with E-state index in [1.807, 2.05) is 49.4 Å². The third-order valence-electron chi connectivity index (χ3n) is 5.70. The zero-order chi connectivity index (χ0) is 23.3. The number of hydrogen-bond donors (Lipinski definition) is 0. The summed E-state index contributed by atoms with van der Waals surface area (Å²) in [6, 6.07) is 18.3. The summed E-state index contributed by atoms with van der Waals surface area (Å²) in [5.74, 6) is 1.14. The number of carbonyl (C=O) groups is 1. The molecule has 1 amide bonds. The van der Waals surface area contributed by atoms with Gasteiger partial charge in [0.15, 0.2) is 18.1 Å². The van der Waals surface area contributed by atoms with Gasteiger partial charge in [-0.3, -0.25) is 4.79 Å². The molecule has 0 N–H and O–H groups in total. The summed E-state index contributed by atoms with van der Waals surface area (Å²) in [4.78, 5) is 19.0. The fraction of sp³-hybridized carbons (Fsp3) is 0.259. The third kappa shape index (κ3) is 4.90. The number of amides is 1. The molecule has 1 aromatic heterocycles. The van der Waals surface area contributed by atoms with Gasteiger partial charge in [-0.05, 0) is 42.1 Å². The summed E-state index contributed by atoms with van der Waals surface area (Å²) in [6.07, 6.45) is 4.04. The van der Waals surface area contributed by atoms with Gasteiger partial charge in [-0.2, -0.15) is 0 Å². The topological polar surface area (TPSA) is 60.9 Å². The number of nitrogens with zero attached hydrogens (tertiary/aromatic N) is 2. The summed E-state index contributed by atoms with van der Waals surface area (Å²) in [6.45, 7) is 4.76. The van der Waals surface area contributed by atoms with Gasteiger partial charge in [0.05, 0.1) is 30.0 Å². The van der Waals surface area contributed by atoms with E-state index in [-0.39, 0.29) is 12.5 Å². The number of benzene rings is 3. The van der Waals surface area contributed by atoms with Crippen LogP contribution in [0.15, 0.2) is 54.6 Å². The second-order valence-corrected chi connectivity index (χ2v) is 9.00. The standard InChI is InChI=1S/C27H26N2O4S/c1-2-32-23-17-19(7-10-22(23)33-18-26(30)29-13-15-31-16-14-29)8-12-25-28-27-21-6-4-3-5-20(21)9-11-24(27)34-25/h3-12,17H,2,13-16,18H2,1H3/b12-8+. The predicted octanol–water partition coefficient (Wildman–Crippen LogP) is 5.26. The van der Waals surface area contributed by atoms with Crippen LogP contribution in [0.4, 0.5) is 0 Å². The second-order valence-electron chi connectivity index (χ2n) is 7.94. The lowest BCUT2D eigenvalue weighted by atomic mass is 10.1. The molecule has 0 atom stereocenters. The molecule has 0 aliphatic carbocycles. The number of aromatic nitrogens is 1. The molecule has 6 nitrogen and oxygen atoms in total. The van der Waals surface area contributed by atoms with E-state index >= 15 is 0 Å². The number of fused-ring (bicyclic) bond motifs is 3. The van der Waals surface area contributed by atoms with E-state index in [2.05, 4.69) is 24.3 Å². The van der Waals surface area contributed by atoms with Gasteiger partial charge in [-0.15, -0.1) is 11.3 Å². The van der Waals surface area contributed by atoms with Crippen LogP contribution < -0.4 is 9.47 Å². The van der Waals surface area contributed by atoms with Crippen molar-refractivity contribution in [2.75, 3.05) is 39.5 Å². The molecule has 0 unspecified atom stereocenters. The Labute approximate surface area is 202 Å². The Hall–Kier alpha value is -3.42. The maximum absolute atomic E-state index is 12.4. The van der Waals surface area contributed by atoms with Crippen molar-refractivity contribution < 1.29 is 19.0 Å². The maximum Gasteiger partial charge on any atom is 0.260 e. The molecule has 4 aromatic rings. The fourth-order valence-corrected chi connectivity index (χ4v) is 4.86. The van der Waals surface area contributed by atoms with Crippen LogP contribution in [0.5, 0.6) is 11.5 Å². The minimum atomic E-state index is -0.0434. The molecular formula is C27H26N2O4S. The highest BCUT2D eigenvalue weighted by Gasteiger charge is 2.18. The van der Waals surface area contributed by atoms with Crippen molar-refractivity contribution in [1.82, 2.24) is 9.88 Å². The highest BCUT2D eigenvalue weighted by Crippen LogP contribution is 2.32. The van der Waals surface area contributed by atoms with E-state index in [0.717, 1.165) is 16.1 Å². The van der Waals surface area contributed by atoms with Gasteiger partial charge in [0.25, 0.3) is 5.91 Å². The second kappa shape index (κ2) is 10.2. The first-order chi connectivity index (χ1) is 16.7. The summed E-state index contributed by atoms with van der Waals surface area (Å²) in [5.41, 5.74) is 2.01. The molecular weight excluding hydrogens is 448 g/mol. The largest absolute Gasteiger partial charge is 0.490 e. The van der Waals surface area contributed by atoms with E-state index in [1.165, 1.54) is 15.5 Å². The molecule has 0 spiro atoms. The first-order valence-corrected chi connectivity index (χ1v) is 12.2. The van der Waals surface area contributed by atoms with Crippen LogP contribution in [-0.4, -0.2) is 55.3 Å². The van der Waals surface area contributed by atoms with Crippen molar-refractivity contribution >= 4 is 50.4 Å². The third-order valence-corrected chi connectivity index (χ3v) is 6.69. The normalized spacial score (nSPS) is 14.2. The van der Waals surface area contributed by atoms with Gasteiger partial charge < -0.3 is 19.1 Å². The Morgan fingerprint density at radius 3 is 2.76 bits per heavy atom. The summed E-state index contributed by atoms with van der Waals surface area (Å²) >= 11 is 1.67. The maximum atomic E-state index is 12.4. The molecule has 5 rings (SSSR count). The SMILES string of the molecule is CCOc1cc(/C=C/c2nc3c(ccc4ccccc43)s2)ccc1OCC(=O)N1CCOCC1. The average molecular weight is 475 g/mol. The van der Waals surface area contributed by atoms with Crippen LogP contribution in [0.3, 0.4) is 0 Å². The quantitative estimate of drug-likeness (QED) is 0.366. The van der Waals surface area contributed by atoms with Crippen molar-refractivity contribution in [3.05, 3.63) is 65.2 Å². The van der Waals surface area contributed by atoms with Gasteiger partial charge in [0, 0.05) is 18.5 Å². The van der Waals surface area contributed by atoms with Crippen LogP contribution in [-0.2, 0) is 9.53 Å². The monoisotopic (exact) mass is 474 g/mol. The minimum Gasteiger partial charge on any atom is -0.490 e. The molecule has 0 saturated carbocycles. The highest BCUT2D eigenvalue weighted by atomic mass is 32.1. The number of morpholine rings is 1. The smallest absolute Gasteiger partial charge is 0.260 e. The molecule has 174 valence electrons. The molecule has 1 aliphatic heterocycles. The molecule has 1 fully saturated rings. The molecule has 0 bridgehead atoms. The first kappa shape index (κ1) is 22.4. The zero-order valence-corrected chi connectivity index (χ0v) is 19.8.